The van der Waals surface area contributed by atoms with Gasteiger partial charge in [0.15, 0.2) is 5.78 Å². The molecule has 0 aromatic rings. The maximum absolute atomic E-state index is 11.7. The lowest BCUT2D eigenvalue weighted by Gasteiger charge is -2.25. The average molecular weight is 306 g/mol. The summed E-state index contributed by atoms with van der Waals surface area (Å²) >= 11 is 0. The molecule has 0 aromatic carbocycles. The van der Waals surface area contributed by atoms with Crippen LogP contribution in [0.4, 0.5) is 0 Å². The van der Waals surface area contributed by atoms with Gasteiger partial charge in [0.1, 0.15) is 18.3 Å². The minimum absolute atomic E-state index is 0.934. The summed E-state index contributed by atoms with van der Waals surface area (Å²) in [5.74, 6) is -5.80. The third-order valence-electron chi connectivity index (χ3n) is 2.56. The molecule has 0 saturated heterocycles. The summed E-state index contributed by atoms with van der Waals surface area (Å²) < 4.78 is 4.09. The first kappa shape index (κ1) is 19.3. The highest BCUT2D eigenvalue weighted by Crippen LogP contribution is 2.19. The van der Waals surface area contributed by atoms with Gasteiger partial charge in [-0.3, -0.25) is 9.59 Å². The molecular weight excluding hydrogens is 288 g/mol. The molecule has 0 amide bonds. The van der Waals surface area contributed by atoms with Gasteiger partial charge in [-0.15, -0.1) is 0 Å². The van der Waals surface area contributed by atoms with E-state index in [1.54, 1.807) is 0 Å². The fourth-order valence-electron chi connectivity index (χ4n) is 1.27. The van der Waals surface area contributed by atoms with Crippen molar-refractivity contribution in [3.8, 4) is 0 Å². The first-order valence-corrected chi connectivity index (χ1v) is 6.03. The minimum atomic E-state index is -3.13. The average Bonchev–Trinajstić information content (AvgIpc) is 2.36. The van der Waals surface area contributed by atoms with Crippen molar-refractivity contribution in [2.75, 3.05) is 0 Å². The summed E-state index contributed by atoms with van der Waals surface area (Å²) in [4.78, 5) is 45.9. The number of ketones is 2. The van der Waals surface area contributed by atoms with E-state index in [1.807, 2.05) is 0 Å². The van der Waals surface area contributed by atoms with E-state index in [4.69, 9.17) is 10.2 Å². The van der Waals surface area contributed by atoms with Gasteiger partial charge in [0.2, 0.25) is 11.4 Å². The number of carbonyl (C=O) groups is 4. The van der Waals surface area contributed by atoms with E-state index in [9.17, 15) is 29.4 Å². The van der Waals surface area contributed by atoms with Gasteiger partial charge in [0.05, 0.1) is 6.42 Å². The first-order valence-electron chi connectivity index (χ1n) is 6.03. The van der Waals surface area contributed by atoms with Crippen LogP contribution in [0.2, 0.25) is 0 Å². The molecule has 0 heterocycles. The second-order valence-electron chi connectivity index (χ2n) is 4.60. The third-order valence-corrected chi connectivity index (χ3v) is 2.56. The molecule has 4 unspecified atom stereocenters. The minimum Gasteiger partial charge on any atom is -0.389 e. The van der Waals surface area contributed by atoms with Gasteiger partial charge in [0, 0.05) is 0 Å². The Morgan fingerprint density at radius 2 is 1.43 bits per heavy atom. The van der Waals surface area contributed by atoms with Crippen molar-refractivity contribution in [1.29, 1.82) is 0 Å². The van der Waals surface area contributed by atoms with Crippen molar-refractivity contribution in [3.63, 3.8) is 0 Å². The van der Waals surface area contributed by atoms with Crippen LogP contribution in [0.15, 0.2) is 0 Å². The summed E-state index contributed by atoms with van der Waals surface area (Å²) in [7, 11) is 0. The van der Waals surface area contributed by atoms with Gasteiger partial charge in [-0.05, 0) is 20.8 Å². The molecule has 0 fully saturated rings. The van der Waals surface area contributed by atoms with Crippen molar-refractivity contribution < 1.29 is 44.3 Å². The van der Waals surface area contributed by atoms with E-state index >= 15 is 0 Å². The Bertz CT molecular complexity index is 438. The van der Waals surface area contributed by atoms with Gasteiger partial charge in [0.25, 0.3) is 0 Å². The van der Waals surface area contributed by atoms with E-state index in [1.165, 1.54) is 0 Å². The quantitative estimate of drug-likeness (QED) is 0.293. The van der Waals surface area contributed by atoms with Crippen molar-refractivity contribution in [2.45, 2.75) is 51.1 Å². The predicted octanol–water partition coefficient (Wildman–Crippen LogP) is -2.54. The summed E-state index contributed by atoms with van der Waals surface area (Å²) in [6.45, 7) is 2.96. The zero-order valence-corrected chi connectivity index (χ0v) is 11.8. The Kier molecular flexibility index (Phi) is 6.77. The molecule has 0 radical (unpaired) electrons. The van der Waals surface area contributed by atoms with E-state index in [0.29, 0.717) is 0 Å². The lowest BCUT2D eigenvalue weighted by Crippen LogP contribution is -2.54. The Labute approximate surface area is 120 Å². The highest BCUT2D eigenvalue weighted by Gasteiger charge is 2.50. The molecule has 21 heavy (non-hydrogen) atoms. The number of aliphatic hydroxyl groups excluding tert-OH is 3. The maximum atomic E-state index is 11.7. The molecule has 0 aliphatic heterocycles. The molecule has 0 saturated carbocycles. The highest BCUT2D eigenvalue weighted by molar-refractivity contribution is 6.13. The molecule has 9 nitrogen and oxygen atoms in total. The number of rotatable bonds is 7. The number of Topliss-reactive ketones (excluding diaryl/α,β-unsaturated/α-hetero) is 2. The molecular formula is C12H18O9. The van der Waals surface area contributed by atoms with Crippen molar-refractivity contribution in [3.05, 3.63) is 0 Å². The SMILES string of the molecule is CC(O)C(=O)CC(O)(C(=O)OC(=O)C(C)O)C(=O)C(C)O. The largest absolute Gasteiger partial charge is 0.389 e. The molecule has 0 aliphatic carbocycles. The molecule has 0 spiro atoms. The fraction of sp³-hybridized carbons (Fsp3) is 0.667. The monoisotopic (exact) mass is 306 g/mol. The van der Waals surface area contributed by atoms with E-state index in [2.05, 4.69) is 4.74 Å². The lowest BCUT2D eigenvalue weighted by atomic mass is 9.88. The van der Waals surface area contributed by atoms with Crippen LogP contribution in [0.3, 0.4) is 0 Å². The topological polar surface area (TPSA) is 158 Å². The zero-order chi connectivity index (χ0) is 17.0. The summed E-state index contributed by atoms with van der Waals surface area (Å²) in [5.41, 5.74) is -3.13. The molecule has 0 aliphatic rings. The number of hydrogen-bond donors (Lipinski definition) is 4. The normalized spacial score (nSPS) is 18.0. The number of ether oxygens (including phenoxy) is 1. The zero-order valence-electron chi connectivity index (χ0n) is 11.8. The number of hydrogen-bond acceptors (Lipinski definition) is 9. The van der Waals surface area contributed by atoms with Gasteiger partial charge in [-0.25, -0.2) is 9.59 Å². The van der Waals surface area contributed by atoms with Gasteiger partial charge >= 0.3 is 11.9 Å². The van der Waals surface area contributed by atoms with Gasteiger partial charge in [-0.1, -0.05) is 0 Å². The highest BCUT2D eigenvalue weighted by atomic mass is 16.6. The molecule has 0 aromatic heterocycles. The number of carbonyl (C=O) groups excluding carboxylic acids is 4. The predicted molar refractivity (Wildman–Crippen MR) is 65.7 cm³/mol. The van der Waals surface area contributed by atoms with Crippen LogP contribution in [0, 0.1) is 0 Å². The molecule has 4 atom stereocenters. The van der Waals surface area contributed by atoms with Crippen LogP contribution < -0.4 is 0 Å². The first-order chi connectivity index (χ1) is 9.43. The standard InChI is InChI=1S/C12H18O9/c1-5(13)8(16)4-12(20,9(17)6(2)14)11(19)21-10(18)7(3)15/h5-7,13-15,20H,4H2,1-3H3. The summed E-state index contributed by atoms with van der Waals surface area (Å²) in [6, 6.07) is 0. The summed E-state index contributed by atoms with van der Waals surface area (Å²) in [6.07, 6.45) is -6.29. The van der Waals surface area contributed by atoms with Crippen molar-refractivity contribution in [1.82, 2.24) is 0 Å². The number of esters is 2. The van der Waals surface area contributed by atoms with Crippen molar-refractivity contribution >= 4 is 23.5 Å². The number of aliphatic hydroxyl groups is 4. The van der Waals surface area contributed by atoms with Gasteiger partial charge in [-0.2, -0.15) is 0 Å². The second kappa shape index (κ2) is 7.36. The Balaban J connectivity index is 5.41. The Morgan fingerprint density at radius 1 is 0.952 bits per heavy atom. The second-order valence-corrected chi connectivity index (χ2v) is 4.60. The lowest BCUT2D eigenvalue weighted by molar-refractivity contribution is -0.183. The van der Waals surface area contributed by atoms with E-state index in [-0.39, 0.29) is 0 Å². The van der Waals surface area contributed by atoms with Crippen LogP contribution >= 0.6 is 0 Å². The summed E-state index contributed by atoms with van der Waals surface area (Å²) in [5, 5.41) is 37.2. The molecule has 9 heteroatoms. The third kappa shape index (κ3) is 4.97. The van der Waals surface area contributed by atoms with Gasteiger partial charge < -0.3 is 25.2 Å². The van der Waals surface area contributed by atoms with Crippen LogP contribution in [0.5, 0.6) is 0 Å². The molecule has 120 valence electrons. The smallest absolute Gasteiger partial charge is 0.354 e. The van der Waals surface area contributed by atoms with Crippen LogP contribution in [-0.2, 0) is 23.9 Å². The van der Waals surface area contributed by atoms with E-state index < -0.39 is 53.8 Å². The van der Waals surface area contributed by atoms with E-state index in [0.717, 1.165) is 20.8 Å². The fourth-order valence-corrected chi connectivity index (χ4v) is 1.27. The van der Waals surface area contributed by atoms with Crippen molar-refractivity contribution in [2.24, 2.45) is 0 Å². The molecule has 4 N–H and O–H groups in total. The maximum Gasteiger partial charge on any atom is 0.354 e. The Hall–Kier alpha value is -1.68. The molecule has 0 bridgehead atoms. The Morgan fingerprint density at radius 3 is 1.76 bits per heavy atom. The molecule has 0 rings (SSSR count). The van der Waals surface area contributed by atoms with Crippen LogP contribution in [0.1, 0.15) is 27.2 Å². The van der Waals surface area contributed by atoms with Crippen LogP contribution in [0.25, 0.3) is 0 Å². The van der Waals surface area contributed by atoms with Crippen LogP contribution in [-0.4, -0.2) is 67.8 Å².